The van der Waals surface area contributed by atoms with E-state index in [1.54, 1.807) is 45.0 Å². The Balaban J connectivity index is 2.02. The molecule has 2 rings (SSSR count). The van der Waals surface area contributed by atoms with Crippen molar-refractivity contribution in [3.63, 3.8) is 0 Å². The molecule has 0 bridgehead atoms. The first-order chi connectivity index (χ1) is 10.8. The van der Waals surface area contributed by atoms with Crippen LogP contribution in [0.1, 0.15) is 44.0 Å². The van der Waals surface area contributed by atoms with E-state index in [-0.39, 0.29) is 0 Å². The van der Waals surface area contributed by atoms with Gasteiger partial charge < -0.3 is 9.47 Å². The van der Waals surface area contributed by atoms with Crippen LogP contribution in [0.3, 0.4) is 0 Å². The summed E-state index contributed by atoms with van der Waals surface area (Å²) in [7, 11) is 0. The van der Waals surface area contributed by atoms with Gasteiger partial charge in [-0.1, -0.05) is 0 Å². The number of amides is 1. The molecule has 6 nitrogen and oxygen atoms in total. The molecule has 0 aromatic heterocycles. The maximum Gasteiger partial charge on any atom is 0.411 e. The normalized spacial score (nSPS) is 17.7. The molecular weight excluding hydrogens is 298 g/mol. The summed E-state index contributed by atoms with van der Waals surface area (Å²) in [6.45, 7) is 5.81. The molecule has 124 valence electrons. The molecule has 0 spiro atoms. The number of nitrogens with zero attached hydrogens (tertiary/aromatic N) is 1. The van der Waals surface area contributed by atoms with E-state index in [9.17, 15) is 14.4 Å². The average molecular weight is 319 g/mol. The van der Waals surface area contributed by atoms with Gasteiger partial charge >= 0.3 is 12.1 Å². The summed E-state index contributed by atoms with van der Waals surface area (Å²) >= 11 is 0. The summed E-state index contributed by atoms with van der Waals surface area (Å²) in [4.78, 5) is 36.5. The summed E-state index contributed by atoms with van der Waals surface area (Å²) in [5, 5.41) is 0. The van der Waals surface area contributed by atoms with Crippen molar-refractivity contribution in [2.75, 3.05) is 6.54 Å². The lowest BCUT2D eigenvalue weighted by Gasteiger charge is -2.27. The van der Waals surface area contributed by atoms with Crippen LogP contribution in [0.15, 0.2) is 24.3 Å². The molecule has 1 aromatic carbocycles. The first-order valence-electron chi connectivity index (χ1n) is 7.57. The van der Waals surface area contributed by atoms with E-state index in [1.807, 2.05) is 0 Å². The lowest BCUT2D eigenvalue weighted by atomic mass is 10.2. The molecule has 23 heavy (non-hydrogen) atoms. The Labute approximate surface area is 135 Å². The maximum atomic E-state index is 12.3. The molecule has 1 aliphatic rings. The molecule has 1 heterocycles. The highest BCUT2D eigenvalue weighted by Crippen LogP contribution is 2.23. The molecule has 0 radical (unpaired) electrons. The molecule has 0 aliphatic carbocycles. The Bertz CT molecular complexity index is 588. The second-order valence-corrected chi connectivity index (χ2v) is 6.44. The predicted molar refractivity (Wildman–Crippen MR) is 83.4 cm³/mol. The summed E-state index contributed by atoms with van der Waals surface area (Å²) < 4.78 is 10.6. The van der Waals surface area contributed by atoms with Crippen LogP contribution in [0.4, 0.5) is 4.79 Å². The van der Waals surface area contributed by atoms with Crippen molar-refractivity contribution in [2.24, 2.45) is 0 Å². The van der Waals surface area contributed by atoms with Crippen LogP contribution in [0.5, 0.6) is 5.75 Å². The minimum Gasteiger partial charge on any atom is -0.444 e. The van der Waals surface area contributed by atoms with Crippen LogP contribution in [0.25, 0.3) is 0 Å². The molecule has 0 unspecified atom stereocenters. The van der Waals surface area contributed by atoms with Crippen molar-refractivity contribution in [3.05, 3.63) is 29.8 Å². The van der Waals surface area contributed by atoms with Crippen molar-refractivity contribution in [1.29, 1.82) is 0 Å². The van der Waals surface area contributed by atoms with Gasteiger partial charge in [0, 0.05) is 12.1 Å². The van der Waals surface area contributed by atoms with Crippen molar-refractivity contribution >= 4 is 18.3 Å². The third-order valence-electron chi connectivity index (χ3n) is 3.39. The molecule has 1 fully saturated rings. The van der Waals surface area contributed by atoms with E-state index >= 15 is 0 Å². The maximum absolute atomic E-state index is 12.3. The second kappa shape index (κ2) is 6.81. The fraction of sp³-hybridized carbons (Fsp3) is 0.471. The Kier molecular flexibility index (Phi) is 5.03. The largest absolute Gasteiger partial charge is 0.444 e. The van der Waals surface area contributed by atoms with Gasteiger partial charge in [0.2, 0.25) is 0 Å². The monoisotopic (exact) mass is 319 g/mol. The Morgan fingerprint density at radius 2 is 1.87 bits per heavy atom. The van der Waals surface area contributed by atoms with Gasteiger partial charge in [-0.25, -0.2) is 9.59 Å². The molecule has 1 atom stereocenters. The number of carbonyl (C=O) groups is 3. The quantitative estimate of drug-likeness (QED) is 0.486. The summed E-state index contributed by atoms with van der Waals surface area (Å²) in [6, 6.07) is 5.59. The third-order valence-corrected chi connectivity index (χ3v) is 3.39. The van der Waals surface area contributed by atoms with E-state index < -0.39 is 23.7 Å². The number of likely N-dealkylation sites (tertiary alicyclic amines) is 1. The number of hydrogen-bond donors (Lipinski definition) is 0. The van der Waals surface area contributed by atoms with Gasteiger partial charge in [-0.15, -0.1) is 0 Å². The number of hydrogen-bond acceptors (Lipinski definition) is 5. The van der Waals surface area contributed by atoms with E-state index in [2.05, 4.69) is 0 Å². The van der Waals surface area contributed by atoms with Gasteiger partial charge in [0.25, 0.3) is 0 Å². The first-order valence-corrected chi connectivity index (χ1v) is 7.57. The van der Waals surface area contributed by atoms with Crippen LogP contribution >= 0.6 is 0 Å². The molecule has 0 saturated carbocycles. The van der Waals surface area contributed by atoms with Crippen molar-refractivity contribution in [2.45, 2.75) is 45.3 Å². The summed E-state index contributed by atoms with van der Waals surface area (Å²) in [6.07, 6.45) is 1.48. The van der Waals surface area contributed by atoms with Gasteiger partial charge in [0.1, 0.15) is 23.7 Å². The molecule has 1 amide bonds. The van der Waals surface area contributed by atoms with E-state index in [0.29, 0.717) is 30.6 Å². The van der Waals surface area contributed by atoms with E-state index in [0.717, 1.165) is 6.42 Å². The molecule has 1 aromatic rings. The molecule has 6 heteroatoms. The van der Waals surface area contributed by atoms with Gasteiger partial charge in [-0.2, -0.15) is 0 Å². The second-order valence-electron chi connectivity index (χ2n) is 6.44. The highest BCUT2D eigenvalue weighted by Gasteiger charge is 2.37. The minimum atomic E-state index is -0.643. The summed E-state index contributed by atoms with van der Waals surface area (Å²) in [5.41, 5.74) is -0.111. The van der Waals surface area contributed by atoms with Crippen LogP contribution < -0.4 is 4.74 Å². The van der Waals surface area contributed by atoms with Crippen molar-refractivity contribution < 1.29 is 23.9 Å². The van der Waals surface area contributed by atoms with Crippen molar-refractivity contribution in [1.82, 2.24) is 4.90 Å². The number of esters is 1. The zero-order valence-corrected chi connectivity index (χ0v) is 13.6. The Morgan fingerprint density at radius 3 is 2.43 bits per heavy atom. The lowest BCUT2D eigenvalue weighted by Crippen LogP contribution is -2.44. The molecule has 1 saturated heterocycles. The molecule has 1 aliphatic heterocycles. The molecule has 0 N–H and O–H groups in total. The Hall–Kier alpha value is -2.37. The standard InChI is InChI=1S/C17H21NO5/c1-17(2,3)23-16(21)18-10-4-5-14(18)15(20)22-13-8-6-12(11-19)7-9-13/h6-9,11,14H,4-5,10H2,1-3H3/t14-/m0/s1. The SMILES string of the molecule is CC(C)(C)OC(=O)N1CCC[C@H]1C(=O)Oc1ccc(C=O)cc1. The fourth-order valence-electron chi connectivity index (χ4n) is 2.35. The molecular formula is C17H21NO5. The third kappa shape index (κ3) is 4.55. The number of aldehydes is 1. The predicted octanol–water partition coefficient (Wildman–Crippen LogP) is 2.80. The zero-order chi connectivity index (χ0) is 17.0. The number of rotatable bonds is 3. The Morgan fingerprint density at radius 1 is 1.22 bits per heavy atom. The van der Waals surface area contributed by atoms with Crippen LogP contribution in [0.2, 0.25) is 0 Å². The van der Waals surface area contributed by atoms with Gasteiger partial charge in [-0.05, 0) is 57.9 Å². The smallest absolute Gasteiger partial charge is 0.411 e. The highest BCUT2D eigenvalue weighted by atomic mass is 16.6. The van der Waals surface area contributed by atoms with Crippen LogP contribution in [0, 0.1) is 0 Å². The van der Waals surface area contributed by atoms with Crippen LogP contribution in [-0.4, -0.2) is 41.4 Å². The van der Waals surface area contributed by atoms with E-state index in [4.69, 9.17) is 9.47 Å². The van der Waals surface area contributed by atoms with Gasteiger partial charge in [0.05, 0.1) is 0 Å². The first kappa shape index (κ1) is 17.0. The fourth-order valence-corrected chi connectivity index (χ4v) is 2.35. The van der Waals surface area contributed by atoms with Crippen molar-refractivity contribution in [3.8, 4) is 5.75 Å². The number of benzene rings is 1. The summed E-state index contributed by atoms with van der Waals surface area (Å²) in [5.74, 6) is -0.149. The topological polar surface area (TPSA) is 72.9 Å². The van der Waals surface area contributed by atoms with Crippen LogP contribution in [-0.2, 0) is 9.53 Å². The van der Waals surface area contributed by atoms with Gasteiger partial charge in [0.15, 0.2) is 0 Å². The lowest BCUT2D eigenvalue weighted by molar-refractivity contribution is -0.139. The number of ether oxygens (including phenoxy) is 2. The minimum absolute atomic E-state index is 0.344. The average Bonchev–Trinajstić information content (AvgIpc) is 2.96. The van der Waals surface area contributed by atoms with E-state index in [1.165, 1.54) is 4.90 Å². The van der Waals surface area contributed by atoms with Gasteiger partial charge in [-0.3, -0.25) is 9.69 Å². The highest BCUT2D eigenvalue weighted by molar-refractivity contribution is 5.84. The number of carbonyl (C=O) groups excluding carboxylic acids is 3. The zero-order valence-electron chi connectivity index (χ0n) is 13.6.